The Morgan fingerprint density at radius 2 is 1.69 bits per heavy atom. The maximum absolute atomic E-state index is 12.5. The molecule has 1 saturated heterocycles. The number of hydrogen-bond donors (Lipinski definition) is 3. The quantitative estimate of drug-likeness (QED) is 0.403. The zero-order chi connectivity index (χ0) is 22.9. The molecule has 2 atom stereocenters. The third-order valence-corrected chi connectivity index (χ3v) is 5.93. The lowest BCUT2D eigenvalue weighted by atomic mass is 9.86. The molecule has 6 N–H and O–H groups in total. The highest BCUT2D eigenvalue weighted by molar-refractivity contribution is 5.73. The molecule has 3 rings (SSSR count). The van der Waals surface area contributed by atoms with E-state index in [1.54, 1.807) is 6.07 Å². The number of carbonyl (C=O) groups excluding carboxylic acids is 2. The van der Waals surface area contributed by atoms with Crippen LogP contribution in [0.3, 0.4) is 0 Å². The lowest BCUT2D eigenvalue weighted by molar-refractivity contribution is -0.150. The monoisotopic (exact) mass is 440 g/mol. The van der Waals surface area contributed by atoms with Crippen LogP contribution in [-0.2, 0) is 20.9 Å². The Labute approximate surface area is 188 Å². The summed E-state index contributed by atoms with van der Waals surface area (Å²) in [5.41, 5.74) is 19.6. The molecule has 2 aromatic carbocycles. The van der Waals surface area contributed by atoms with Crippen molar-refractivity contribution in [2.24, 2.45) is 23.3 Å². The van der Waals surface area contributed by atoms with Gasteiger partial charge in [0, 0.05) is 30.3 Å². The summed E-state index contributed by atoms with van der Waals surface area (Å²) in [6.07, 6.45) is 0.257. The van der Waals surface area contributed by atoms with Crippen LogP contribution >= 0.6 is 0 Å². The second-order valence-electron chi connectivity index (χ2n) is 8.15. The number of piperidine rings is 1. The van der Waals surface area contributed by atoms with Gasteiger partial charge in [-0.15, -0.1) is 0 Å². The van der Waals surface area contributed by atoms with Gasteiger partial charge in [0.05, 0.1) is 5.92 Å². The first-order valence-electron chi connectivity index (χ1n) is 10.9. The summed E-state index contributed by atoms with van der Waals surface area (Å²) in [6, 6.07) is 16.9. The topological polar surface area (TPSA) is 134 Å². The van der Waals surface area contributed by atoms with Crippen molar-refractivity contribution < 1.29 is 19.1 Å². The van der Waals surface area contributed by atoms with Crippen molar-refractivity contribution in [1.82, 2.24) is 4.90 Å². The molecule has 1 aliphatic rings. The number of rotatable bonds is 9. The number of anilines is 1. The van der Waals surface area contributed by atoms with Gasteiger partial charge in [0.15, 0.2) is 0 Å². The molecular weight excluding hydrogens is 408 g/mol. The Morgan fingerprint density at radius 1 is 1.03 bits per heavy atom. The summed E-state index contributed by atoms with van der Waals surface area (Å²) >= 11 is 0. The van der Waals surface area contributed by atoms with Gasteiger partial charge in [-0.2, -0.15) is 0 Å². The van der Waals surface area contributed by atoms with Gasteiger partial charge in [0.1, 0.15) is 12.7 Å². The van der Waals surface area contributed by atoms with Crippen molar-refractivity contribution in [1.29, 1.82) is 0 Å². The van der Waals surface area contributed by atoms with Crippen LogP contribution in [0.4, 0.5) is 10.5 Å². The number of amides is 1. The smallest absolute Gasteiger partial charge is 0.405 e. The molecule has 8 nitrogen and oxygen atoms in total. The van der Waals surface area contributed by atoms with E-state index in [1.165, 1.54) is 0 Å². The summed E-state index contributed by atoms with van der Waals surface area (Å²) in [7, 11) is 0. The van der Waals surface area contributed by atoms with Crippen LogP contribution in [0.1, 0.15) is 30.1 Å². The highest BCUT2D eigenvalue weighted by Gasteiger charge is 2.32. The van der Waals surface area contributed by atoms with Crippen molar-refractivity contribution in [3.8, 4) is 0 Å². The number of hydrogen-bond acceptors (Lipinski definition) is 7. The fourth-order valence-corrected chi connectivity index (χ4v) is 4.15. The number of primary amides is 1. The van der Waals surface area contributed by atoms with Crippen LogP contribution in [-0.4, -0.2) is 43.1 Å². The Bertz CT molecular complexity index is 885. The highest BCUT2D eigenvalue weighted by atomic mass is 16.6. The van der Waals surface area contributed by atoms with Crippen LogP contribution in [0, 0.1) is 11.8 Å². The molecule has 2 aromatic rings. The lowest BCUT2D eigenvalue weighted by Gasteiger charge is -2.36. The van der Waals surface area contributed by atoms with Crippen LogP contribution < -0.4 is 17.2 Å². The van der Waals surface area contributed by atoms with Gasteiger partial charge in [-0.3, -0.25) is 4.79 Å². The van der Waals surface area contributed by atoms with Crippen LogP contribution in [0.25, 0.3) is 0 Å². The van der Waals surface area contributed by atoms with E-state index in [2.05, 4.69) is 4.90 Å². The minimum absolute atomic E-state index is 0.0878. The Morgan fingerprint density at radius 3 is 2.31 bits per heavy atom. The third kappa shape index (κ3) is 6.45. The van der Waals surface area contributed by atoms with E-state index in [1.807, 2.05) is 48.5 Å². The maximum Gasteiger partial charge on any atom is 0.405 e. The predicted molar refractivity (Wildman–Crippen MR) is 122 cm³/mol. The van der Waals surface area contributed by atoms with E-state index >= 15 is 0 Å². The van der Waals surface area contributed by atoms with E-state index < -0.39 is 18.1 Å². The van der Waals surface area contributed by atoms with Crippen molar-refractivity contribution in [3.05, 3.63) is 65.7 Å². The first kappa shape index (κ1) is 23.6. The summed E-state index contributed by atoms with van der Waals surface area (Å²) in [4.78, 5) is 26.2. The van der Waals surface area contributed by atoms with Gasteiger partial charge in [-0.1, -0.05) is 48.5 Å². The summed E-state index contributed by atoms with van der Waals surface area (Å²) in [5, 5.41) is 0. The number of ether oxygens (including phenoxy) is 2. The Hall–Kier alpha value is -3.10. The average molecular weight is 441 g/mol. The first-order valence-corrected chi connectivity index (χ1v) is 10.9. The number of nitrogen functional groups attached to an aromatic ring is 1. The number of esters is 1. The molecule has 1 heterocycles. The van der Waals surface area contributed by atoms with Crippen molar-refractivity contribution in [2.45, 2.75) is 25.6 Å². The number of para-hydroxylation sites is 1. The number of nitrogens with two attached hydrogens (primary N) is 3. The van der Waals surface area contributed by atoms with Gasteiger partial charge in [0.2, 0.25) is 0 Å². The number of benzene rings is 2. The van der Waals surface area contributed by atoms with E-state index in [9.17, 15) is 9.59 Å². The zero-order valence-electron chi connectivity index (χ0n) is 18.2. The summed E-state index contributed by atoms with van der Waals surface area (Å²) in [6.45, 7) is 2.49. The second kappa shape index (κ2) is 11.5. The zero-order valence-corrected chi connectivity index (χ0v) is 18.2. The molecule has 0 aliphatic carbocycles. The predicted octanol–water partition coefficient (Wildman–Crippen LogP) is 2.44. The third-order valence-electron chi connectivity index (χ3n) is 5.93. The molecule has 2 unspecified atom stereocenters. The summed E-state index contributed by atoms with van der Waals surface area (Å²) in [5.74, 6) is -0.590. The van der Waals surface area contributed by atoms with Crippen molar-refractivity contribution in [3.63, 3.8) is 0 Å². The molecule has 1 amide bonds. The number of carbonyl (C=O) groups is 2. The lowest BCUT2D eigenvalue weighted by Crippen LogP contribution is -2.43. The van der Waals surface area contributed by atoms with Crippen LogP contribution in [0.5, 0.6) is 0 Å². The van der Waals surface area contributed by atoms with E-state index in [4.69, 9.17) is 26.7 Å². The fourth-order valence-electron chi connectivity index (χ4n) is 4.15. The minimum Gasteiger partial charge on any atom is -0.461 e. The molecule has 32 heavy (non-hydrogen) atoms. The van der Waals surface area contributed by atoms with Gasteiger partial charge in [0.25, 0.3) is 0 Å². The van der Waals surface area contributed by atoms with Crippen LogP contribution in [0.15, 0.2) is 54.6 Å². The maximum atomic E-state index is 12.5. The molecule has 0 saturated carbocycles. The van der Waals surface area contributed by atoms with E-state index in [-0.39, 0.29) is 25.0 Å². The van der Waals surface area contributed by atoms with Gasteiger partial charge < -0.3 is 31.6 Å². The van der Waals surface area contributed by atoms with Crippen LogP contribution in [0.2, 0.25) is 0 Å². The number of likely N-dealkylation sites (tertiary alicyclic amines) is 1. The highest BCUT2D eigenvalue weighted by Crippen LogP contribution is 2.36. The SMILES string of the molecule is NCC(CN1CCC(C(OC(N)=O)c2ccccc2N)CC1)C(=O)OCc1ccccc1. The van der Waals surface area contributed by atoms with Crippen molar-refractivity contribution in [2.75, 3.05) is 31.9 Å². The molecule has 0 aromatic heterocycles. The Kier molecular flexibility index (Phi) is 8.47. The van der Waals surface area contributed by atoms with Gasteiger partial charge in [-0.25, -0.2) is 4.79 Å². The normalized spacial score (nSPS) is 16.8. The summed E-state index contributed by atoms with van der Waals surface area (Å²) < 4.78 is 10.9. The average Bonchev–Trinajstić information content (AvgIpc) is 2.81. The molecule has 0 spiro atoms. The molecule has 1 fully saturated rings. The fraction of sp³-hybridized carbons (Fsp3) is 0.417. The molecule has 0 bridgehead atoms. The second-order valence-corrected chi connectivity index (χ2v) is 8.15. The van der Waals surface area contributed by atoms with E-state index in [0.717, 1.165) is 37.1 Å². The molecule has 8 heteroatoms. The molecule has 1 aliphatic heterocycles. The number of nitrogens with zero attached hydrogens (tertiary/aromatic N) is 1. The van der Waals surface area contributed by atoms with Gasteiger partial charge in [-0.05, 0) is 37.6 Å². The minimum atomic E-state index is -0.815. The molecule has 172 valence electrons. The van der Waals surface area contributed by atoms with E-state index in [0.29, 0.717) is 12.2 Å². The first-order chi connectivity index (χ1) is 15.5. The standard InChI is InChI=1S/C24H32N4O4/c25-14-19(23(29)31-16-17-6-2-1-3-7-17)15-28-12-10-18(11-13-28)22(32-24(27)30)20-8-4-5-9-21(20)26/h1-9,18-19,22H,10-16,25-26H2,(H2,27,30). The molecular formula is C24H32N4O4. The Balaban J connectivity index is 1.54. The largest absolute Gasteiger partial charge is 0.461 e. The van der Waals surface area contributed by atoms with Crippen molar-refractivity contribution >= 4 is 17.7 Å². The van der Waals surface area contributed by atoms with Gasteiger partial charge >= 0.3 is 12.1 Å². The molecule has 0 radical (unpaired) electrons.